The number of carbonyl (C=O) groups excluding carboxylic acids is 1. The van der Waals surface area contributed by atoms with Crippen LogP contribution in [0.5, 0.6) is 11.5 Å². The van der Waals surface area contributed by atoms with E-state index in [1.807, 2.05) is 12.1 Å². The van der Waals surface area contributed by atoms with Gasteiger partial charge in [-0.2, -0.15) is 5.26 Å². The lowest BCUT2D eigenvalue weighted by atomic mass is 10.2. The highest BCUT2D eigenvalue weighted by Crippen LogP contribution is 2.27. The van der Waals surface area contributed by atoms with Crippen molar-refractivity contribution in [2.24, 2.45) is 0 Å². The molecule has 0 fully saturated rings. The molecule has 0 aliphatic heterocycles. The second-order valence-electron chi connectivity index (χ2n) is 5.54. The monoisotopic (exact) mass is 339 g/mol. The fourth-order valence-electron chi connectivity index (χ4n) is 2.31. The number of nitriles is 1. The van der Waals surface area contributed by atoms with Gasteiger partial charge in [-0.25, -0.2) is 0 Å². The summed E-state index contributed by atoms with van der Waals surface area (Å²) in [6.07, 6.45) is 4.46. The Morgan fingerprint density at radius 3 is 2.84 bits per heavy atom. The number of hydrogen-bond donors (Lipinski definition) is 0. The number of rotatable bonds is 8. The van der Waals surface area contributed by atoms with Crippen LogP contribution in [0.3, 0.4) is 0 Å². The minimum Gasteiger partial charge on any atom is -0.493 e. The van der Waals surface area contributed by atoms with Crippen LogP contribution in [-0.2, 0) is 11.3 Å². The van der Waals surface area contributed by atoms with Crippen molar-refractivity contribution in [2.75, 3.05) is 20.8 Å². The summed E-state index contributed by atoms with van der Waals surface area (Å²) in [6.45, 7) is 0.936. The van der Waals surface area contributed by atoms with Crippen LogP contribution in [0.4, 0.5) is 0 Å². The smallest absolute Gasteiger partial charge is 0.222 e. The summed E-state index contributed by atoms with van der Waals surface area (Å²) in [5.74, 6) is 1.14. The molecule has 0 unspecified atom stereocenters. The Hall–Kier alpha value is -3.07. The van der Waals surface area contributed by atoms with Gasteiger partial charge in [0.15, 0.2) is 11.5 Å². The molecule has 0 spiro atoms. The van der Waals surface area contributed by atoms with Crippen molar-refractivity contribution in [3.05, 3.63) is 53.9 Å². The van der Waals surface area contributed by atoms with Crippen LogP contribution in [0.25, 0.3) is 0 Å². The number of nitrogens with zero attached hydrogens (tertiary/aromatic N) is 3. The second kappa shape index (κ2) is 9.28. The van der Waals surface area contributed by atoms with Crippen LogP contribution in [0, 0.1) is 11.3 Å². The van der Waals surface area contributed by atoms with E-state index in [0.717, 1.165) is 5.56 Å². The normalized spacial score (nSPS) is 9.96. The number of carbonyl (C=O) groups is 1. The molecule has 2 rings (SSSR count). The Kier molecular flexibility index (Phi) is 6.78. The lowest BCUT2D eigenvalue weighted by molar-refractivity contribution is -0.130. The van der Waals surface area contributed by atoms with E-state index in [1.165, 1.54) is 7.11 Å². The average molecular weight is 339 g/mol. The molecule has 0 bridgehead atoms. The SMILES string of the molecule is COc1cc(C#N)ccc1OCCCC(=O)N(C)Cc1cccnc1. The average Bonchev–Trinajstić information content (AvgIpc) is 2.65. The number of methoxy groups -OCH3 is 1. The predicted octanol–water partition coefficient (Wildman–Crippen LogP) is 2.78. The van der Waals surface area contributed by atoms with E-state index in [4.69, 9.17) is 14.7 Å². The molecule has 0 N–H and O–H groups in total. The van der Waals surface area contributed by atoms with Crippen molar-refractivity contribution >= 4 is 5.91 Å². The third-order valence-corrected chi connectivity index (χ3v) is 3.65. The zero-order valence-electron chi connectivity index (χ0n) is 14.4. The first kappa shape index (κ1) is 18.3. The highest BCUT2D eigenvalue weighted by atomic mass is 16.5. The van der Waals surface area contributed by atoms with Crippen molar-refractivity contribution < 1.29 is 14.3 Å². The Balaban J connectivity index is 1.77. The lowest BCUT2D eigenvalue weighted by Crippen LogP contribution is -2.26. The van der Waals surface area contributed by atoms with Gasteiger partial charge < -0.3 is 14.4 Å². The van der Waals surface area contributed by atoms with Gasteiger partial charge in [0.05, 0.1) is 25.3 Å². The van der Waals surface area contributed by atoms with Crippen LogP contribution in [0.1, 0.15) is 24.0 Å². The second-order valence-corrected chi connectivity index (χ2v) is 5.54. The molecule has 0 aliphatic carbocycles. The predicted molar refractivity (Wildman–Crippen MR) is 93.1 cm³/mol. The third kappa shape index (κ3) is 5.50. The van der Waals surface area contributed by atoms with E-state index in [9.17, 15) is 4.79 Å². The molecule has 0 radical (unpaired) electrons. The molecule has 0 atom stereocenters. The number of benzene rings is 1. The molecule has 1 amide bonds. The van der Waals surface area contributed by atoms with Crippen LogP contribution in [0.2, 0.25) is 0 Å². The van der Waals surface area contributed by atoms with Crippen LogP contribution < -0.4 is 9.47 Å². The highest BCUT2D eigenvalue weighted by molar-refractivity contribution is 5.75. The van der Waals surface area contributed by atoms with Crippen LogP contribution >= 0.6 is 0 Å². The fourth-order valence-corrected chi connectivity index (χ4v) is 2.31. The minimum atomic E-state index is 0.0549. The highest BCUT2D eigenvalue weighted by Gasteiger charge is 2.10. The number of hydrogen-bond acceptors (Lipinski definition) is 5. The molecular weight excluding hydrogens is 318 g/mol. The maximum absolute atomic E-state index is 12.2. The molecule has 0 saturated carbocycles. The van der Waals surface area contributed by atoms with E-state index in [2.05, 4.69) is 11.1 Å². The van der Waals surface area contributed by atoms with Gasteiger partial charge in [0.1, 0.15) is 0 Å². The van der Waals surface area contributed by atoms with E-state index >= 15 is 0 Å². The van der Waals surface area contributed by atoms with E-state index in [1.54, 1.807) is 42.5 Å². The Morgan fingerprint density at radius 2 is 2.16 bits per heavy atom. The maximum Gasteiger partial charge on any atom is 0.222 e. The van der Waals surface area contributed by atoms with Gasteiger partial charge in [0.25, 0.3) is 0 Å². The van der Waals surface area contributed by atoms with Gasteiger partial charge in [0, 0.05) is 38.5 Å². The zero-order valence-corrected chi connectivity index (χ0v) is 14.4. The van der Waals surface area contributed by atoms with Gasteiger partial charge >= 0.3 is 0 Å². The summed E-state index contributed by atoms with van der Waals surface area (Å²) >= 11 is 0. The van der Waals surface area contributed by atoms with E-state index in [0.29, 0.717) is 43.1 Å². The molecule has 130 valence electrons. The molecule has 1 heterocycles. The summed E-state index contributed by atoms with van der Waals surface area (Å²) in [6, 6.07) is 10.8. The molecule has 2 aromatic rings. The Morgan fingerprint density at radius 1 is 1.32 bits per heavy atom. The minimum absolute atomic E-state index is 0.0549. The first-order valence-electron chi connectivity index (χ1n) is 7.98. The van der Waals surface area contributed by atoms with Crippen molar-refractivity contribution in [3.63, 3.8) is 0 Å². The van der Waals surface area contributed by atoms with E-state index < -0.39 is 0 Å². The number of pyridine rings is 1. The van der Waals surface area contributed by atoms with Crippen LogP contribution in [0.15, 0.2) is 42.7 Å². The first-order chi connectivity index (χ1) is 12.1. The summed E-state index contributed by atoms with van der Waals surface area (Å²) in [5, 5.41) is 8.89. The van der Waals surface area contributed by atoms with Gasteiger partial charge in [-0.1, -0.05) is 6.07 Å². The van der Waals surface area contributed by atoms with Crippen molar-refractivity contribution in [3.8, 4) is 17.6 Å². The zero-order chi connectivity index (χ0) is 18.1. The Bertz CT molecular complexity index is 741. The Labute approximate surface area is 147 Å². The quantitative estimate of drug-likeness (QED) is 0.691. The summed E-state index contributed by atoms with van der Waals surface area (Å²) in [5.41, 5.74) is 1.51. The van der Waals surface area contributed by atoms with Gasteiger partial charge in [0.2, 0.25) is 5.91 Å². The fraction of sp³-hybridized carbons (Fsp3) is 0.316. The molecule has 1 aromatic carbocycles. The van der Waals surface area contributed by atoms with Gasteiger partial charge in [-0.3, -0.25) is 9.78 Å². The molecule has 6 nitrogen and oxygen atoms in total. The number of amides is 1. The van der Waals surface area contributed by atoms with Gasteiger partial charge in [-0.15, -0.1) is 0 Å². The molecule has 6 heteroatoms. The van der Waals surface area contributed by atoms with Crippen LogP contribution in [-0.4, -0.2) is 36.6 Å². The van der Waals surface area contributed by atoms with Crippen molar-refractivity contribution in [1.82, 2.24) is 9.88 Å². The molecular formula is C19H21N3O3. The summed E-state index contributed by atoms with van der Waals surface area (Å²) in [4.78, 5) is 17.9. The number of ether oxygens (including phenoxy) is 2. The molecule has 25 heavy (non-hydrogen) atoms. The number of aromatic nitrogens is 1. The first-order valence-corrected chi connectivity index (χ1v) is 7.98. The maximum atomic E-state index is 12.2. The van der Waals surface area contributed by atoms with Gasteiger partial charge in [-0.05, 0) is 30.2 Å². The van der Waals surface area contributed by atoms with Crippen molar-refractivity contribution in [1.29, 1.82) is 5.26 Å². The van der Waals surface area contributed by atoms with E-state index in [-0.39, 0.29) is 5.91 Å². The third-order valence-electron chi connectivity index (χ3n) is 3.65. The van der Waals surface area contributed by atoms with Crippen molar-refractivity contribution in [2.45, 2.75) is 19.4 Å². The molecule has 0 saturated heterocycles. The summed E-state index contributed by atoms with van der Waals surface area (Å²) in [7, 11) is 3.31. The largest absolute Gasteiger partial charge is 0.493 e. The molecule has 0 aliphatic rings. The molecule has 1 aromatic heterocycles. The lowest BCUT2D eigenvalue weighted by Gasteiger charge is -2.17. The standard InChI is InChI=1S/C19H21N3O3/c1-22(14-16-5-3-9-21-13-16)19(23)6-4-10-25-17-8-7-15(12-20)11-18(17)24-2/h3,5,7-9,11,13H,4,6,10,14H2,1-2H3. The topological polar surface area (TPSA) is 75.5 Å². The summed E-state index contributed by atoms with van der Waals surface area (Å²) < 4.78 is 10.9.